The SMILES string of the molecule is Cl.c1ccc2c3c([nH]c2c1)CCC3NC1CC1. The fraction of sp³-hybridized carbons (Fsp3) is 0.429. The molecule has 0 radical (unpaired) electrons. The van der Waals surface area contributed by atoms with Crippen molar-refractivity contribution in [2.24, 2.45) is 0 Å². The minimum Gasteiger partial charge on any atom is -0.358 e. The van der Waals surface area contributed by atoms with Gasteiger partial charge in [-0.15, -0.1) is 12.4 Å². The Balaban J connectivity index is 0.000000902. The van der Waals surface area contributed by atoms with Gasteiger partial charge in [0.1, 0.15) is 0 Å². The Labute approximate surface area is 107 Å². The highest BCUT2D eigenvalue weighted by Gasteiger charge is 2.31. The number of rotatable bonds is 2. The molecule has 0 spiro atoms. The molecule has 1 aromatic heterocycles. The molecule has 2 aliphatic carbocycles. The van der Waals surface area contributed by atoms with Crippen molar-refractivity contribution in [1.29, 1.82) is 0 Å². The molecular formula is C14H17ClN2. The van der Waals surface area contributed by atoms with Crippen molar-refractivity contribution in [3.05, 3.63) is 35.5 Å². The van der Waals surface area contributed by atoms with Gasteiger partial charge in [0.05, 0.1) is 0 Å². The summed E-state index contributed by atoms with van der Waals surface area (Å²) in [5.74, 6) is 0. The second-order valence-electron chi connectivity index (χ2n) is 5.10. The van der Waals surface area contributed by atoms with Gasteiger partial charge in [-0.3, -0.25) is 0 Å². The maximum absolute atomic E-state index is 3.77. The van der Waals surface area contributed by atoms with Gasteiger partial charge in [-0.25, -0.2) is 0 Å². The van der Waals surface area contributed by atoms with Crippen molar-refractivity contribution in [3.8, 4) is 0 Å². The highest BCUT2D eigenvalue weighted by Crippen LogP contribution is 2.38. The van der Waals surface area contributed by atoms with E-state index in [9.17, 15) is 0 Å². The van der Waals surface area contributed by atoms with E-state index in [2.05, 4.69) is 34.6 Å². The Morgan fingerprint density at radius 1 is 1.12 bits per heavy atom. The molecule has 1 fully saturated rings. The number of H-pyrrole nitrogens is 1. The molecule has 17 heavy (non-hydrogen) atoms. The second-order valence-corrected chi connectivity index (χ2v) is 5.10. The van der Waals surface area contributed by atoms with E-state index in [0.29, 0.717) is 6.04 Å². The Bertz CT molecular complexity index is 542. The predicted molar refractivity (Wildman–Crippen MR) is 72.8 cm³/mol. The molecule has 2 aromatic rings. The predicted octanol–water partition coefficient (Wildman–Crippen LogP) is 3.33. The summed E-state index contributed by atoms with van der Waals surface area (Å²) in [4.78, 5) is 3.56. The Kier molecular flexibility index (Phi) is 2.64. The van der Waals surface area contributed by atoms with Gasteiger partial charge in [0.15, 0.2) is 0 Å². The molecule has 2 nitrogen and oxygen atoms in total. The minimum atomic E-state index is 0. The van der Waals surface area contributed by atoms with Crippen LogP contribution in [0.25, 0.3) is 10.9 Å². The van der Waals surface area contributed by atoms with Gasteiger partial charge in [-0.1, -0.05) is 18.2 Å². The second kappa shape index (κ2) is 4.04. The van der Waals surface area contributed by atoms with Crippen LogP contribution in [0.1, 0.15) is 36.6 Å². The smallest absolute Gasteiger partial charge is 0.0459 e. The molecule has 1 unspecified atom stereocenters. The first-order valence-corrected chi connectivity index (χ1v) is 6.27. The number of aromatic amines is 1. The Hall–Kier alpha value is -0.990. The molecule has 4 rings (SSSR count). The fourth-order valence-corrected chi connectivity index (χ4v) is 2.95. The lowest BCUT2D eigenvalue weighted by atomic mass is 10.1. The summed E-state index contributed by atoms with van der Waals surface area (Å²) in [6, 6.07) is 10.1. The fourth-order valence-electron chi connectivity index (χ4n) is 2.95. The molecule has 0 bridgehead atoms. The van der Waals surface area contributed by atoms with Crippen LogP contribution in [0.5, 0.6) is 0 Å². The van der Waals surface area contributed by atoms with Crippen LogP contribution < -0.4 is 5.32 Å². The van der Waals surface area contributed by atoms with Crippen molar-refractivity contribution >= 4 is 23.3 Å². The average molecular weight is 249 g/mol. The molecule has 1 heterocycles. The molecule has 1 aromatic carbocycles. The summed E-state index contributed by atoms with van der Waals surface area (Å²) in [6.07, 6.45) is 5.21. The van der Waals surface area contributed by atoms with E-state index in [4.69, 9.17) is 0 Å². The molecule has 3 heteroatoms. The van der Waals surface area contributed by atoms with Crippen molar-refractivity contribution in [3.63, 3.8) is 0 Å². The summed E-state index contributed by atoms with van der Waals surface area (Å²) in [5, 5.41) is 5.19. The Morgan fingerprint density at radius 2 is 1.94 bits per heavy atom. The molecule has 1 atom stereocenters. The van der Waals surface area contributed by atoms with Crippen LogP contribution in [0.3, 0.4) is 0 Å². The van der Waals surface area contributed by atoms with Gasteiger partial charge >= 0.3 is 0 Å². The van der Waals surface area contributed by atoms with Crippen LogP contribution in [0.2, 0.25) is 0 Å². The highest BCUT2D eigenvalue weighted by molar-refractivity contribution is 5.86. The molecule has 0 amide bonds. The normalized spacial score (nSPS) is 22.5. The largest absolute Gasteiger partial charge is 0.358 e. The average Bonchev–Trinajstić information content (AvgIpc) is 2.90. The molecule has 2 aliphatic rings. The summed E-state index contributed by atoms with van der Waals surface area (Å²) >= 11 is 0. The summed E-state index contributed by atoms with van der Waals surface area (Å²) in [5.41, 5.74) is 4.30. The van der Waals surface area contributed by atoms with E-state index >= 15 is 0 Å². The monoisotopic (exact) mass is 248 g/mol. The minimum absolute atomic E-state index is 0. The molecular weight excluding hydrogens is 232 g/mol. The van der Waals surface area contributed by atoms with Crippen molar-refractivity contribution in [2.45, 2.75) is 37.8 Å². The van der Waals surface area contributed by atoms with Gasteiger partial charge in [0.25, 0.3) is 0 Å². The number of fused-ring (bicyclic) bond motifs is 3. The third-order valence-electron chi connectivity index (χ3n) is 3.87. The molecule has 0 aliphatic heterocycles. The zero-order valence-corrected chi connectivity index (χ0v) is 10.5. The number of aromatic nitrogens is 1. The molecule has 1 saturated carbocycles. The third-order valence-corrected chi connectivity index (χ3v) is 3.87. The zero-order chi connectivity index (χ0) is 10.5. The summed E-state index contributed by atoms with van der Waals surface area (Å²) < 4.78 is 0. The van der Waals surface area contributed by atoms with Crippen molar-refractivity contribution in [1.82, 2.24) is 10.3 Å². The number of nitrogens with one attached hydrogen (secondary N) is 2. The quantitative estimate of drug-likeness (QED) is 0.838. The van der Waals surface area contributed by atoms with Crippen LogP contribution >= 0.6 is 12.4 Å². The summed E-state index contributed by atoms with van der Waals surface area (Å²) in [7, 11) is 0. The zero-order valence-electron chi connectivity index (χ0n) is 9.70. The van der Waals surface area contributed by atoms with E-state index in [-0.39, 0.29) is 12.4 Å². The van der Waals surface area contributed by atoms with Crippen LogP contribution in [-0.4, -0.2) is 11.0 Å². The van der Waals surface area contributed by atoms with Gasteiger partial charge in [-0.05, 0) is 37.3 Å². The first kappa shape index (κ1) is 11.1. The maximum atomic E-state index is 3.77. The molecule has 90 valence electrons. The van der Waals surface area contributed by atoms with Crippen LogP contribution in [0.4, 0.5) is 0 Å². The topological polar surface area (TPSA) is 27.8 Å². The molecule has 0 saturated heterocycles. The lowest BCUT2D eigenvalue weighted by Gasteiger charge is -2.12. The van der Waals surface area contributed by atoms with E-state index in [1.807, 2.05) is 0 Å². The van der Waals surface area contributed by atoms with Gasteiger partial charge in [0.2, 0.25) is 0 Å². The summed E-state index contributed by atoms with van der Waals surface area (Å²) in [6.45, 7) is 0. The number of aryl methyl sites for hydroxylation is 1. The third kappa shape index (κ3) is 1.76. The highest BCUT2D eigenvalue weighted by atomic mass is 35.5. The number of halogens is 1. The first-order chi connectivity index (χ1) is 7.92. The van der Waals surface area contributed by atoms with Gasteiger partial charge in [-0.2, -0.15) is 0 Å². The molecule has 2 N–H and O–H groups in total. The van der Waals surface area contributed by atoms with Gasteiger partial charge in [0, 0.05) is 28.7 Å². The lowest BCUT2D eigenvalue weighted by molar-refractivity contribution is 0.529. The number of para-hydroxylation sites is 1. The number of hydrogen-bond acceptors (Lipinski definition) is 1. The van der Waals surface area contributed by atoms with E-state index < -0.39 is 0 Å². The Morgan fingerprint density at radius 3 is 2.76 bits per heavy atom. The van der Waals surface area contributed by atoms with Crippen molar-refractivity contribution in [2.75, 3.05) is 0 Å². The van der Waals surface area contributed by atoms with Crippen LogP contribution in [-0.2, 0) is 6.42 Å². The first-order valence-electron chi connectivity index (χ1n) is 6.27. The maximum Gasteiger partial charge on any atom is 0.0459 e. The van der Waals surface area contributed by atoms with Gasteiger partial charge < -0.3 is 10.3 Å². The number of benzene rings is 1. The van der Waals surface area contributed by atoms with Crippen LogP contribution in [0.15, 0.2) is 24.3 Å². The van der Waals surface area contributed by atoms with E-state index in [1.54, 1.807) is 5.56 Å². The number of hydrogen-bond donors (Lipinski definition) is 2. The lowest BCUT2D eigenvalue weighted by Crippen LogP contribution is -2.21. The van der Waals surface area contributed by atoms with Crippen molar-refractivity contribution < 1.29 is 0 Å². The van der Waals surface area contributed by atoms with Crippen LogP contribution in [0, 0.1) is 0 Å². The standard InChI is InChI=1S/C14H16N2.ClH/c1-2-4-11-10(3-1)14-12(15-9-5-6-9)7-8-13(14)16-11;/h1-4,9,12,15-16H,5-8H2;1H. The van der Waals surface area contributed by atoms with E-state index in [1.165, 1.54) is 42.3 Å². The van der Waals surface area contributed by atoms with E-state index in [0.717, 1.165) is 6.04 Å².